The molecule has 0 spiro atoms. The van der Waals surface area contributed by atoms with Crippen LogP contribution in [-0.4, -0.2) is 48.4 Å². The van der Waals surface area contributed by atoms with Crippen molar-refractivity contribution in [1.82, 2.24) is 0 Å². The predicted molar refractivity (Wildman–Crippen MR) is 103 cm³/mol. The number of rotatable bonds is 3. The Labute approximate surface area is 161 Å². The fourth-order valence-electron chi connectivity index (χ4n) is 4.21. The lowest BCUT2D eigenvalue weighted by Crippen LogP contribution is -2.51. The number of ether oxygens (including phenoxy) is 4. The average molecular weight is 394 g/mol. The lowest BCUT2D eigenvalue weighted by molar-refractivity contribution is -0.164. The third kappa shape index (κ3) is 3.92. The monoisotopic (exact) mass is 394 g/mol. The lowest BCUT2D eigenvalue weighted by Gasteiger charge is -2.33. The Morgan fingerprint density at radius 2 is 1.67 bits per heavy atom. The summed E-state index contributed by atoms with van der Waals surface area (Å²) in [6.07, 6.45) is -0.0813. The molecule has 1 aromatic carbocycles. The van der Waals surface area contributed by atoms with Crippen LogP contribution < -0.4 is 5.32 Å². The van der Waals surface area contributed by atoms with E-state index in [9.17, 15) is 4.57 Å². The smallest absolute Gasteiger partial charge is 0.348 e. The van der Waals surface area contributed by atoms with Gasteiger partial charge in [-0.25, -0.2) is 0 Å². The molecule has 3 aliphatic heterocycles. The van der Waals surface area contributed by atoms with Crippen LogP contribution in [0.5, 0.6) is 0 Å². The van der Waals surface area contributed by atoms with E-state index in [4.69, 9.17) is 18.9 Å². The Morgan fingerprint density at radius 3 is 2.30 bits per heavy atom. The van der Waals surface area contributed by atoms with Crippen molar-refractivity contribution in [2.45, 2.75) is 70.3 Å². The molecule has 3 aliphatic rings. The van der Waals surface area contributed by atoms with Crippen molar-refractivity contribution in [3.8, 4) is 0 Å². The summed E-state index contributed by atoms with van der Waals surface area (Å²) in [7, 11) is -1.55. The first-order valence-electron chi connectivity index (χ1n) is 9.58. The van der Waals surface area contributed by atoms with Gasteiger partial charge in [0.2, 0.25) is 0 Å². The molecule has 0 aromatic heterocycles. The van der Waals surface area contributed by atoms with E-state index in [0.717, 1.165) is 5.69 Å². The number of hydrogen-bond donors (Lipinski definition) is 1. The molecular formula is C20H29NO5P+. The van der Waals surface area contributed by atoms with Crippen LogP contribution in [0.4, 0.5) is 5.69 Å². The first-order chi connectivity index (χ1) is 12.6. The van der Waals surface area contributed by atoms with E-state index in [0.29, 0.717) is 12.8 Å². The Morgan fingerprint density at radius 1 is 1.00 bits per heavy atom. The normalized spacial score (nSPS) is 38.6. The Balaban J connectivity index is 1.57. The number of fused-ring (bicyclic) bond motifs is 1. The quantitative estimate of drug-likeness (QED) is 0.786. The molecule has 3 fully saturated rings. The maximum Gasteiger partial charge on any atom is 0.366 e. The van der Waals surface area contributed by atoms with Crippen LogP contribution in [0, 0.1) is 12.8 Å². The van der Waals surface area contributed by atoms with Gasteiger partial charge in [-0.2, -0.15) is 0 Å². The molecule has 6 atom stereocenters. The number of aryl methyl sites for hydroxylation is 1. The third-order valence-corrected chi connectivity index (χ3v) is 7.30. The first kappa shape index (κ1) is 19.3. The number of anilines is 1. The SMILES string of the molecule is Cc1ccc(NC2C3OC(C)(C)OC3C(C3COC(C)(C)O3)C[P+]2=O)cc1. The average Bonchev–Trinajstić information content (AvgIpc) is 3.10. The van der Waals surface area contributed by atoms with Crippen molar-refractivity contribution in [2.24, 2.45) is 5.92 Å². The van der Waals surface area contributed by atoms with Gasteiger partial charge in [-0.3, -0.25) is 0 Å². The molecule has 6 nitrogen and oxygen atoms in total. The lowest BCUT2D eigenvalue weighted by atomic mass is 9.93. The summed E-state index contributed by atoms with van der Waals surface area (Å²) < 4.78 is 37.5. The summed E-state index contributed by atoms with van der Waals surface area (Å²) >= 11 is 0. The molecule has 3 saturated heterocycles. The van der Waals surface area contributed by atoms with Gasteiger partial charge < -0.3 is 24.3 Å². The minimum atomic E-state index is -1.55. The van der Waals surface area contributed by atoms with Crippen LogP contribution in [0.3, 0.4) is 0 Å². The zero-order valence-electron chi connectivity index (χ0n) is 16.6. The highest BCUT2D eigenvalue weighted by atomic mass is 31.1. The Hall–Kier alpha value is -1.04. The second-order valence-corrected chi connectivity index (χ2v) is 10.4. The molecule has 0 bridgehead atoms. The minimum absolute atomic E-state index is 0.0155. The van der Waals surface area contributed by atoms with Crippen LogP contribution in [0.15, 0.2) is 24.3 Å². The Bertz CT molecular complexity index is 720. The molecule has 148 valence electrons. The molecule has 6 unspecified atom stereocenters. The molecule has 0 aliphatic carbocycles. The molecule has 0 radical (unpaired) electrons. The Kier molecular flexibility index (Phi) is 4.84. The predicted octanol–water partition coefficient (Wildman–Crippen LogP) is 3.86. The highest BCUT2D eigenvalue weighted by molar-refractivity contribution is 7.45. The molecule has 7 heteroatoms. The molecule has 0 saturated carbocycles. The van der Waals surface area contributed by atoms with Crippen molar-refractivity contribution in [2.75, 3.05) is 18.1 Å². The highest BCUT2D eigenvalue weighted by Gasteiger charge is 2.62. The second kappa shape index (κ2) is 6.78. The summed E-state index contributed by atoms with van der Waals surface area (Å²) in [6.45, 7) is 10.2. The van der Waals surface area contributed by atoms with Crippen molar-refractivity contribution in [3.05, 3.63) is 29.8 Å². The fourth-order valence-corrected chi connectivity index (χ4v) is 6.15. The maximum atomic E-state index is 13.2. The van der Waals surface area contributed by atoms with Crippen LogP contribution in [0.25, 0.3) is 0 Å². The van der Waals surface area contributed by atoms with E-state index in [1.165, 1.54) is 5.56 Å². The van der Waals surface area contributed by atoms with Gasteiger partial charge in [-0.05, 0) is 46.8 Å². The van der Waals surface area contributed by atoms with Gasteiger partial charge in [0.15, 0.2) is 23.8 Å². The summed E-state index contributed by atoms with van der Waals surface area (Å²) in [5.74, 6) is -1.63. The number of benzene rings is 1. The fraction of sp³-hybridized carbons (Fsp3) is 0.700. The van der Waals surface area contributed by atoms with Crippen LogP contribution in [-0.2, 0) is 23.5 Å². The van der Waals surface area contributed by atoms with Gasteiger partial charge >= 0.3 is 7.80 Å². The van der Waals surface area contributed by atoms with E-state index in [2.05, 4.69) is 5.32 Å². The topological polar surface area (TPSA) is 66.0 Å². The second-order valence-electron chi connectivity index (χ2n) is 8.65. The number of hydrogen-bond acceptors (Lipinski definition) is 6. The maximum absolute atomic E-state index is 13.2. The standard InChI is InChI=1S/C20H29NO5P/c1-12-6-8-13(9-7-12)21-18-17-16(25-20(4,5)26-17)14(11-27(18)22)15-10-23-19(2,3)24-15/h6-9,14-18,21H,10-11H2,1-5H3/q+1. The van der Waals surface area contributed by atoms with E-state index < -0.39 is 19.4 Å². The third-order valence-electron chi connectivity index (χ3n) is 5.47. The summed E-state index contributed by atoms with van der Waals surface area (Å²) in [5, 5.41) is 3.43. The highest BCUT2D eigenvalue weighted by Crippen LogP contribution is 2.50. The molecule has 0 amide bonds. The van der Waals surface area contributed by atoms with E-state index >= 15 is 0 Å². The zero-order valence-corrected chi connectivity index (χ0v) is 17.5. The van der Waals surface area contributed by atoms with Gasteiger partial charge in [0.05, 0.1) is 18.6 Å². The zero-order chi connectivity index (χ0) is 19.4. The summed E-state index contributed by atoms with van der Waals surface area (Å²) in [6, 6.07) is 8.11. The molecule has 1 N–H and O–H groups in total. The van der Waals surface area contributed by atoms with Crippen molar-refractivity contribution in [1.29, 1.82) is 0 Å². The van der Waals surface area contributed by atoms with Crippen LogP contribution in [0.1, 0.15) is 33.3 Å². The molecule has 27 heavy (non-hydrogen) atoms. The van der Waals surface area contributed by atoms with E-state index in [1.54, 1.807) is 0 Å². The van der Waals surface area contributed by atoms with Gasteiger partial charge in [0.1, 0.15) is 6.10 Å². The molecule has 4 rings (SSSR count). The van der Waals surface area contributed by atoms with E-state index in [1.807, 2.05) is 58.9 Å². The van der Waals surface area contributed by atoms with Gasteiger partial charge in [-0.15, -0.1) is 0 Å². The van der Waals surface area contributed by atoms with E-state index in [-0.39, 0.29) is 30.0 Å². The van der Waals surface area contributed by atoms with Gasteiger partial charge in [0.25, 0.3) is 5.78 Å². The summed E-state index contributed by atoms with van der Waals surface area (Å²) in [5.41, 5.74) is 2.13. The molecular weight excluding hydrogens is 365 g/mol. The van der Waals surface area contributed by atoms with Gasteiger partial charge in [-0.1, -0.05) is 22.3 Å². The number of nitrogens with one attached hydrogen (secondary N) is 1. The van der Waals surface area contributed by atoms with Crippen molar-refractivity contribution < 1.29 is 23.5 Å². The first-order valence-corrected chi connectivity index (χ1v) is 11.1. The summed E-state index contributed by atoms with van der Waals surface area (Å²) in [4.78, 5) is 0. The molecule has 3 heterocycles. The van der Waals surface area contributed by atoms with Crippen molar-refractivity contribution in [3.63, 3.8) is 0 Å². The minimum Gasteiger partial charge on any atom is -0.348 e. The van der Waals surface area contributed by atoms with Crippen LogP contribution >= 0.6 is 7.80 Å². The van der Waals surface area contributed by atoms with Crippen LogP contribution in [0.2, 0.25) is 0 Å². The largest absolute Gasteiger partial charge is 0.366 e. The van der Waals surface area contributed by atoms with Gasteiger partial charge in [0, 0.05) is 5.69 Å². The van der Waals surface area contributed by atoms with Crippen molar-refractivity contribution >= 4 is 13.5 Å². The molecule has 1 aromatic rings.